The molecular formula is C20H15F3N4O. The molecule has 0 radical (unpaired) electrons. The lowest BCUT2D eigenvalue weighted by Crippen LogP contribution is -2.17. The van der Waals surface area contributed by atoms with Gasteiger partial charge in [0.25, 0.3) is 5.91 Å². The molecule has 28 heavy (non-hydrogen) atoms. The van der Waals surface area contributed by atoms with Gasteiger partial charge in [0.05, 0.1) is 17.8 Å². The summed E-state index contributed by atoms with van der Waals surface area (Å²) in [5, 5.41) is 2.53. The van der Waals surface area contributed by atoms with E-state index in [2.05, 4.69) is 20.2 Å². The van der Waals surface area contributed by atoms with Gasteiger partial charge in [-0.2, -0.15) is 13.2 Å². The number of aromatic nitrogens is 2. The van der Waals surface area contributed by atoms with Gasteiger partial charge < -0.3 is 10.2 Å². The Bertz CT molecular complexity index is 1010. The fourth-order valence-corrected chi connectivity index (χ4v) is 3.10. The van der Waals surface area contributed by atoms with Crippen LogP contribution >= 0.6 is 0 Å². The number of alkyl halides is 3. The number of hydrogen-bond acceptors (Lipinski definition) is 4. The molecule has 2 aromatic carbocycles. The normalized spacial score (nSPS) is 13.3. The quantitative estimate of drug-likeness (QED) is 0.733. The van der Waals surface area contributed by atoms with Gasteiger partial charge in [0.2, 0.25) is 0 Å². The summed E-state index contributed by atoms with van der Waals surface area (Å²) >= 11 is 0. The molecular weight excluding hydrogens is 369 g/mol. The van der Waals surface area contributed by atoms with E-state index in [1.54, 1.807) is 24.4 Å². The van der Waals surface area contributed by atoms with E-state index in [1.807, 2.05) is 6.07 Å². The molecule has 1 aliphatic rings. The van der Waals surface area contributed by atoms with E-state index in [0.717, 1.165) is 29.1 Å². The summed E-state index contributed by atoms with van der Waals surface area (Å²) < 4.78 is 38.5. The highest BCUT2D eigenvalue weighted by molar-refractivity contribution is 6.04. The molecule has 2 heterocycles. The Balaban J connectivity index is 1.51. The molecule has 142 valence electrons. The highest BCUT2D eigenvalue weighted by Gasteiger charge is 2.30. The molecule has 1 aromatic heterocycles. The summed E-state index contributed by atoms with van der Waals surface area (Å²) in [4.78, 5) is 22.9. The molecule has 0 atom stereocenters. The van der Waals surface area contributed by atoms with E-state index in [0.29, 0.717) is 18.7 Å². The summed E-state index contributed by atoms with van der Waals surface area (Å²) in [6.45, 7) is 1.24. The molecule has 3 aromatic rings. The zero-order valence-corrected chi connectivity index (χ0v) is 14.6. The van der Waals surface area contributed by atoms with Crippen molar-refractivity contribution >= 4 is 17.3 Å². The number of fused-ring (bicyclic) bond motifs is 1. The second-order valence-electron chi connectivity index (χ2n) is 6.43. The highest BCUT2D eigenvalue weighted by atomic mass is 19.4. The van der Waals surface area contributed by atoms with Gasteiger partial charge in [-0.1, -0.05) is 12.1 Å². The average molecular weight is 384 g/mol. The molecule has 0 aliphatic carbocycles. The van der Waals surface area contributed by atoms with Crippen LogP contribution < -0.4 is 10.2 Å². The first kappa shape index (κ1) is 18.0. The minimum atomic E-state index is -4.46. The topological polar surface area (TPSA) is 58.1 Å². The maximum absolute atomic E-state index is 12.8. The molecule has 0 unspecified atom stereocenters. The second kappa shape index (κ2) is 6.95. The first-order valence-electron chi connectivity index (χ1n) is 8.51. The third-order valence-corrected chi connectivity index (χ3v) is 4.50. The molecule has 1 aliphatic heterocycles. The zero-order chi connectivity index (χ0) is 19.7. The molecule has 5 nitrogen and oxygen atoms in total. The van der Waals surface area contributed by atoms with Crippen molar-refractivity contribution in [1.29, 1.82) is 0 Å². The number of hydrogen-bond donors (Lipinski definition) is 1. The fraction of sp³-hybridized carbons (Fsp3) is 0.150. The maximum atomic E-state index is 12.8. The molecule has 8 heteroatoms. The summed E-state index contributed by atoms with van der Waals surface area (Å²) in [5.74, 6) is -0.474. The van der Waals surface area contributed by atoms with Crippen molar-refractivity contribution in [3.8, 4) is 0 Å². The Morgan fingerprint density at radius 1 is 1.07 bits per heavy atom. The number of nitrogens with one attached hydrogen (secondary N) is 1. The number of nitrogens with zero attached hydrogens (tertiary/aromatic N) is 3. The predicted octanol–water partition coefficient (Wildman–Crippen LogP) is 4.27. The number of amides is 1. The molecule has 0 fully saturated rings. The number of carbonyl (C=O) groups excluding carboxylic acids is 1. The van der Waals surface area contributed by atoms with E-state index in [-0.39, 0.29) is 5.69 Å². The predicted molar refractivity (Wildman–Crippen MR) is 97.8 cm³/mol. The Hall–Kier alpha value is -3.42. The Kier molecular flexibility index (Phi) is 4.46. The van der Waals surface area contributed by atoms with Crippen molar-refractivity contribution in [2.24, 2.45) is 0 Å². The standard InChI is InChI=1S/C20H15F3N4O/c21-20(22,23)15-4-2-5-16(8-15)26-19(28)13-3-1-6-17(7-13)27-10-14-9-24-12-25-18(14)11-27/h1-9,12H,10-11H2,(H,26,28). The van der Waals surface area contributed by atoms with E-state index in [1.165, 1.54) is 18.5 Å². The van der Waals surface area contributed by atoms with E-state index < -0.39 is 17.6 Å². The van der Waals surface area contributed by atoms with Crippen LogP contribution in [-0.2, 0) is 19.3 Å². The zero-order valence-electron chi connectivity index (χ0n) is 14.6. The number of anilines is 2. The lowest BCUT2D eigenvalue weighted by molar-refractivity contribution is -0.137. The smallest absolute Gasteiger partial charge is 0.361 e. The number of carbonyl (C=O) groups is 1. The van der Waals surface area contributed by atoms with Crippen LogP contribution in [0.25, 0.3) is 0 Å². The van der Waals surface area contributed by atoms with Crippen molar-refractivity contribution in [3.05, 3.63) is 83.4 Å². The lowest BCUT2D eigenvalue weighted by atomic mass is 10.1. The first-order valence-corrected chi connectivity index (χ1v) is 8.51. The highest BCUT2D eigenvalue weighted by Crippen LogP contribution is 2.31. The third-order valence-electron chi connectivity index (χ3n) is 4.50. The largest absolute Gasteiger partial charge is 0.416 e. The van der Waals surface area contributed by atoms with Crippen LogP contribution in [0, 0.1) is 0 Å². The second-order valence-corrected chi connectivity index (χ2v) is 6.43. The third kappa shape index (κ3) is 3.66. The van der Waals surface area contributed by atoms with Crippen molar-refractivity contribution < 1.29 is 18.0 Å². The van der Waals surface area contributed by atoms with Crippen LogP contribution in [0.2, 0.25) is 0 Å². The minimum absolute atomic E-state index is 0.0917. The first-order chi connectivity index (χ1) is 13.4. The van der Waals surface area contributed by atoms with E-state index in [4.69, 9.17) is 0 Å². The minimum Gasteiger partial charge on any atom is -0.361 e. The maximum Gasteiger partial charge on any atom is 0.416 e. The van der Waals surface area contributed by atoms with Gasteiger partial charge in [-0.25, -0.2) is 9.97 Å². The van der Waals surface area contributed by atoms with Gasteiger partial charge in [-0.3, -0.25) is 4.79 Å². The molecule has 1 N–H and O–H groups in total. The number of rotatable bonds is 3. The Labute approximate surface area is 158 Å². The summed E-state index contributed by atoms with van der Waals surface area (Å²) in [7, 11) is 0. The van der Waals surface area contributed by atoms with Crippen LogP contribution in [0.4, 0.5) is 24.5 Å². The molecule has 4 rings (SSSR count). The van der Waals surface area contributed by atoms with E-state index >= 15 is 0 Å². The molecule has 0 saturated heterocycles. The number of benzene rings is 2. The lowest BCUT2D eigenvalue weighted by Gasteiger charge is -2.18. The van der Waals surface area contributed by atoms with Gasteiger partial charge in [0, 0.05) is 35.2 Å². The van der Waals surface area contributed by atoms with Crippen LogP contribution in [0.15, 0.2) is 61.1 Å². The van der Waals surface area contributed by atoms with Crippen LogP contribution in [-0.4, -0.2) is 15.9 Å². The van der Waals surface area contributed by atoms with Gasteiger partial charge in [0.15, 0.2) is 0 Å². The Morgan fingerprint density at radius 3 is 2.68 bits per heavy atom. The van der Waals surface area contributed by atoms with Crippen LogP contribution in [0.5, 0.6) is 0 Å². The van der Waals surface area contributed by atoms with Gasteiger partial charge in [-0.15, -0.1) is 0 Å². The summed E-state index contributed by atoms with van der Waals surface area (Å²) in [6.07, 6.45) is -1.19. The van der Waals surface area contributed by atoms with Crippen LogP contribution in [0.1, 0.15) is 27.2 Å². The molecule has 0 saturated carbocycles. The Morgan fingerprint density at radius 2 is 1.89 bits per heavy atom. The molecule has 0 bridgehead atoms. The molecule has 0 spiro atoms. The molecule has 1 amide bonds. The van der Waals surface area contributed by atoms with Crippen molar-refractivity contribution in [1.82, 2.24) is 9.97 Å². The SMILES string of the molecule is O=C(Nc1cccc(C(F)(F)F)c1)c1cccc(N2Cc3cncnc3C2)c1. The summed E-state index contributed by atoms with van der Waals surface area (Å²) in [5.41, 5.74) is 2.44. The summed E-state index contributed by atoms with van der Waals surface area (Å²) in [6, 6.07) is 11.5. The van der Waals surface area contributed by atoms with Gasteiger partial charge in [-0.05, 0) is 36.4 Å². The van der Waals surface area contributed by atoms with Crippen molar-refractivity contribution in [2.45, 2.75) is 19.3 Å². The monoisotopic (exact) mass is 384 g/mol. The average Bonchev–Trinajstić information content (AvgIpc) is 3.12. The van der Waals surface area contributed by atoms with Crippen molar-refractivity contribution in [2.75, 3.05) is 10.2 Å². The van der Waals surface area contributed by atoms with Crippen LogP contribution in [0.3, 0.4) is 0 Å². The van der Waals surface area contributed by atoms with Crippen molar-refractivity contribution in [3.63, 3.8) is 0 Å². The van der Waals surface area contributed by atoms with Gasteiger partial charge in [0.1, 0.15) is 6.33 Å². The van der Waals surface area contributed by atoms with Gasteiger partial charge >= 0.3 is 6.18 Å². The number of halogens is 3. The van der Waals surface area contributed by atoms with E-state index in [9.17, 15) is 18.0 Å². The fourth-order valence-electron chi connectivity index (χ4n) is 3.10.